The maximum absolute atomic E-state index is 10.6. The van der Waals surface area contributed by atoms with Crippen LogP contribution in [0, 0.1) is 6.92 Å². The summed E-state index contributed by atoms with van der Waals surface area (Å²) in [6.07, 6.45) is 7.11. The van der Waals surface area contributed by atoms with E-state index in [0.717, 1.165) is 72.7 Å². The largest absolute Gasteiger partial charge is 0.496 e. The molecule has 2 aromatic rings. The van der Waals surface area contributed by atoms with Gasteiger partial charge in [0.1, 0.15) is 23.0 Å². The van der Waals surface area contributed by atoms with Crippen LogP contribution in [0.2, 0.25) is 0 Å². The Morgan fingerprint density at radius 1 is 1.19 bits per heavy atom. The molecule has 5 nitrogen and oxygen atoms in total. The summed E-state index contributed by atoms with van der Waals surface area (Å²) in [5.41, 5.74) is 5.57. The molecule has 31 heavy (non-hydrogen) atoms. The number of aryl methyl sites for hydroxylation is 1. The Balaban J connectivity index is 0.000000194. The summed E-state index contributed by atoms with van der Waals surface area (Å²) < 4.78 is 16.7. The summed E-state index contributed by atoms with van der Waals surface area (Å²) in [6.45, 7) is 8.92. The lowest BCUT2D eigenvalue weighted by atomic mass is 9.94. The Morgan fingerprint density at radius 3 is 2.61 bits per heavy atom. The number of hydrogen-bond donors (Lipinski definition) is 0. The summed E-state index contributed by atoms with van der Waals surface area (Å²) in [6, 6.07) is 10.00. The zero-order valence-electron chi connectivity index (χ0n) is 18.9. The second-order valence-electron chi connectivity index (χ2n) is 7.63. The van der Waals surface area contributed by atoms with Gasteiger partial charge in [-0.1, -0.05) is 38.1 Å². The Kier molecular flexibility index (Phi) is 7.40. The van der Waals surface area contributed by atoms with Gasteiger partial charge >= 0.3 is 0 Å². The van der Waals surface area contributed by atoms with E-state index in [4.69, 9.17) is 14.2 Å². The SMILES string of the molecule is C=C1C=C(CCC)c2c(OC)cc(OC)c(C)c2O1.O=CN1CCCc2ccccc21. The molecule has 2 aliphatic heterocycles. The summed E-state index contributed by atoms with van der Waals surface area (Å²) >= 11 is 0. The molecule has 0 saturated heterocycles. The van der Waals surface area contributed by atoms with Crippen molar-refractivity contribution in [1.29, 1.82) is 0 Å². The third-order valence-electron chi connectivity index (χ3n) is 5.57. The number of benzene rings is 2. The highest BCUT2D eigenvalue weighted by Gasteiger charge is 2.24. The fourth-order valence-electron chi connectivity index (χ4n) is 4.08. The van der Waals surface area contributed by atoms with Crippen molar-refractivity contribution in [2.75, 3.05) is 25.7 Å². The van der Waals surface area contributed by atoms with Crippen LogP contribution in [0.3, 0.4) is 0 Å². The third kappa shape index (κ3) is 4.76. The summed E-state index contributed by atoms with van der Waals surface area (Å²) in [4.78, 5) is 12.4. The maximum Gasteiger partial charge on any atom is 0.214 e. The zero-order chi connectivity index (χ0) is 22.4. The van der Waals surface area contributed by atoms with Crippen LogP contribution in [0.1, 0.15) is 42.9 Å². The molecule has 0 atom stereocenters. The third-order valence-corrected chi connectivity index (χ3v) is 5.57. The Hall–Kier alpha value is -3.21. The number of rotatable bonds is 5. The second kappa shape index (κ2) is 10.2. The number of allylic oxidation sites excluding steroid dienone is 2. The highest BCUT2D eigenvalue weighted by Crippen LogP contribution is 2.46. The van der Waals surface area contributed by atoms with Crippen molar-refractivity contribution >= 4 is 17.7 Å². The first kappa shape index (κ1) is 22.5. The first-order valence-electron chi connectivity index (χ1n) is 10.7. The molecule has 0 aliphatic carbocycles. The summed E-state index contributed by atoms with van der Waals surface area (Å²) in [5, 5.41) is 0. The standard InChI is InChI=1S/C16H20O3.C10H11NO/c1-6-7-12-8-10(2)19-16-11(3)13(17-4)9-14(18-5)15(12)16;12-8-11-7-3-5-9-4-1-2-6-10(9)11/h8-9H,2,6-7H2,1,3-5H3;1-2,4,6,8H,3,5,7H2. The van der Waals surface area contributed by atoms with E-state index in [2.05, 4.69) is 19.6 Å². The molecule has 5 heteroatoms. The highest BCUT2D eigenvalue weighted by atomic mass is 16.5. The predicted molar refractivity (Wildman–Crippen MR) is 125 cm³/mol. The molecule has 1 amide bonds. The van der Waals surface area contributed by atoms with Crippen LogP contribution in [-0.2, 0) is 11.2 Å². The Morgan fingerprint density at radius 2 is 1.94 bits per heavy atom. The lowest BCUT2D eigenvalue weighted by Crippen LogP contribution is -2.27. The van der Waals surface area contributed by atoms with Gasteiger partial charge in [-0.15, -0.1) is 0 Å². The van der Waals surface area contributed by atoms with E-state index in [9.17, 15) is 4.79 Å². The number of para-hydroxylation sites is 1. The molecule has 2 aromatic carbocycles. The quantitative estimate of drug-likeness (QED) is 0.581. The van der Waals surface area contributed by atoms with E-state index in [1.807, 2.05) is 37.3 Å². The minimum absolute atomic E-state index is 0.661. The number of fused-ring (bicyclic) bond motifs is 2. The zero-order valence-corrected chi connectivity index (χ0v) is 18.9. The Labute approximate surface area is 184 Å². The van der Waals surface area contributed by atoms with Crippen LogP contribution >= 0.6 is 0 Å². The summed E-state index contributed by atoms with van der Waals surface area (Å²) in [7, 11) is 3.31. The number of anilines is 1. The van der Waals surface area contributed by atoms with Gasteiger partial charge in [0.25, 0.3) is 0 Å². The van der Waals surface area contributed by atoms with Crippen molar-refractivity contribution in [1.82, 2.24) is 0 Å². The van der Waals surface area contributed by atoms with Crippen molar-refractivity contribution in [3.63, 3.8) is 0 Å². The van der Waals surface area contributed by atoms with Gasteiger partial charge in [0.05, 0.1) is 19.8 Å². The van der Waals surface area contributed by atoms with Gasteiger partial charge in [0, 0.05) is 23.9 Å². The van der Waals surface area contributed by atoms with Gasteiger partial charge < -0.3 is 19.1 Å². The lowest BCUT2D eigenvalue weighted by molar-refractivity contribution is -0.107. The molecule has 164 valence electrons. The first-order valence-corrected chi connectivity index (χ1v) is 10.7. The molecule has 0 fully saturated rings. The van der Waals surface area contributed by atoms with Crippen molar-refractivity contribution in [3.05, 3.63) is 65.4 Å². The highest BCUT2D eigenvalue weighted by molar-refractivity contribution is 5.81. The van der Waals surface area contributed by atoms with Crippen LogP contribution < -0.4 is 19.1 Å². The van der Waals surface area contributed by atoms with Crippen LogP contribution in [0.5, 0.6) is 17.2 Å². The fraction of sp³-hybridized carbons (Fsp3) is 0.346. The van der Waals surface area contributed by atoms with Gasteiger partial charge in [-0.3, -0.25) is 4.79 Å². The van der Waals surface area contributed by atoms with E-state index in [1.54, 1.807) is 19.1 Å². The number of ether oxygens (including phenoxy) is 3. The fourth-order valence-corrected chi connectivity index (χ4v) is 4.08. The normalized spacial score (nSPS) is 14.3. The number of hydrogen-bond acceptors (Lipinski definition) is 4. The van der Waals surface area contributed by atoms with Crippen molar-refractivity contribution in [2.24, 2.45) is 0 Å². The average Bonchev–Trinajstić information content (AvgIpc) is 2.80. The monoisotopic (exact) mass is 421 g/mol. The van der Waals surface area contributed by atoms with Gasteiger partial charge in [-0.2, -0.15) is 0 Å². The molecular weight excluding hydrogens is 390 g/mol. The molecule has 0 aromatic heterocycles. The Bertz CT molecular complexity index is 993. The number of methoxy groups -OCH3 is 2. The number of amides is 1. The number of nitrogens with zero attached hydrogens (tertiary/aromatic N) is 1. The predicted octanol–water partition coefficient (Wildman–Crippen LogP) is 5.70. The van der Waals surface area contributed by atoms with Crippen LogP contribution in [0.4, 0.5) is 5.69 Å². The first-order chi connectivity index (χ1) is 15.0. The summed E-state index contributed by atoms with van der Waals surface area (Å²) in [5.74, 6) is 3.01. The molecule has 2 aliphatic rings. The van der Waals surface area contributed by atoms with Gasteiger partial charge in [-0.05, 0) is 49.5 Å². The number of carbonyl (C=O) groups excluding carboxylic acids is 1. The van der Waals surface area contributed by atoms with Crippen molar-refractivity contribution < 1.29 is 19.0 Å². The maximum atomic E-state index is 10.6. The minimum atomic E-state index is 0.661. The molecule has 0 unspecified atom stereocenters. The van der Waals surface area contributed by atoms with Gasteiger partial charge in [0.15, 0.2) is 0 Å². The topological polar surface area (TPSA) is 48.0 Å². The van der Waals surface area contributed by atoms with Crippen LogP contribution in [0.15, 0.2) is 48.7 Å². The van der Waals surface area contributed by atoms with Crippen molar-refractivity contribution in [3.8, 4) is 17.2 Å². The molecule has 0 spiro atoms. The van der Waals surface area contributed by atoms with Crippen LogP contribution in [0.25, 0.3) is 5.57 Å². The van der Waals surface area contributed by atoms with Crippen molar-refractivity contribution in [2.45, 2.75) is 39.5 Å². The molecule has 0 radical (unpaired) electrons. The molecule has 0 bridgehead atoms. The second-order valence-corrected chi connectivity index (χ2v) is 7.63. The average molecular weight is 422 g/mol. The van der Waals surface area contributed by atoms with Gasteiger partial charge in [-0.25, -0.2) is 0 Å². The number of carbonyl (C=O) groups is 1. The van der Waals surface area contributed by atoms with E-state index >= 15 is 0 Å². The smallest absolute Gasteiger partial charge is 0.214 e. The lowest BCUT2D eigenvalue weighted by Gasteiger charge is -2.25. The minimum Gasteiger partial charge on any atom is -0.496 e. The molecule has 0 saturated carbocycles. The van der Waals surface area contributed by atoms with E-state index in [1.165, 1.54) is 11.1 Å². The van der Waals surface area contributed by atoms with E-state index < -0.39 is 0 Å². The molecule has 0 N–H and O–H groups in total. The van der Waals surface area contributed by atoms with E-state index in [0.29, 0.717) is 5.76 Å². The van der Waals surface area contributed by atoms with Gasteiger partial charge in [0.2, 0.25) is 6.41 Å². The molecular formula is C26H31NO4. The van der Waals surface area contributed by atoms with Crippen LogP contribution in [-0.4, -0.2) is 27.2 Å². The van der Waals surface area contributed by atoms with E-state index in [-0.39, 0.29) is 0 Å². The molecule has 4 rings (SSSR count). The molecule has 2 heterocycles.